The van der Waals surface area contributed by atoms with Gasteiger partial charge in [0.05, 0.1) is 17.8 Å². The van der Waals surface area contributed by atoms with Crippen LogP contribution in [-0.2, 0) is 66.1 Å². The van der Waals surface area contributed by atoms with E-state index in [2.05, 4.69) is 36.6 Å². The number of likely N-dealkylation sites (N-methyl/N-ethyl adjacent to an activating group) is 2. The number of nitrogens with one attached hydrogen (secondary N) is 7. The lowest BCUT2D eigenvalue weighted by Gasteiger charge is -2.40. The number of hydrogen-bond donors (Lipinski definition) is 8. The Labute approximate surface area is 460 Å². The van der Waals surface area contributed by atoms with Crippen LogP contribution >= 0.6 is 0 Å². The van der Waals surface area contributed by atoms with Crippen LogP contribution in [0.1, 0.15) is 124 Å². The molecule has 5 unspecified atom stereocenters. The van der Waals surface area contributed by atoms with E-state index < -0.39 is 86.5 Å². The maximum absolute atomic E-state index is 14.4. The number of primary amides is 1. The second kappa shape index (κ2) is 29.7. The highest BCUT2D eigenvalue weighted by Gasteiger charge is 2.42. The molecule has 21 nitrogen and oxygen atoms in total. The molecule has 5 atom stereocenters. The van der Waals surface area contributed by atoms with Crippen molar-refractivity contribution in [2.45, 2.75) is 156 Å². The topological polar surface area (TPSA) is 304 Å². The fourth-order valence-electron chi connectivity index (χ4n) is 8.92. The zero-order valence-electron chi connectivity index (χ0n) is 47.4. The van der Waals surface area contributed by atoms with E-state index in [4.69, 9.17) is 5.73 Å². The number of sulfonamides is 1. The smallest absolute Gasteiger partial charge is 0.312 e. The Bertz CT molecular complexity index is 2590. The van der Waals surface area contributed by atoms with Crippen LogP contribution in [0.25, 0.3) is 0 Å². The molecule has 1 aliphatic rings. The fraction of sp³-hybridized carbons (Fsp3) is 0.554. The molecule has 0 aromatic heterocycles. The first kappa shape index (κ1) is 65.3. The average Bonchev–Trinajstić information content (AvgIpc) is 3.69. The second-order valence-electron chi connectivity index (χ2n) is 22.1. The van der Waals surface area contributed by atoms with Gasteiger partial charge in [-0.2, -0.15) is 0 Å². The Kier molecular flexibility index (Phi) is 24.9. The molecule has 3 rings (SSSR count). The van der Waals surface area contributed by atoms with Crippen LogP contribution in [0.2, 0.25) is 0 Å². The zero-order chi connectivity index (χ0) is 58.7. The van der Waals surface area contributed by atoms with Crippen molar-refractivity contribution in [2.75, 3.05) is 27.2 Å². The van der Waals surface area contributed by atoms with Gasteiger partial charge in [-0.05, 0) is 73.6 Å². The van der Waals surface area contributed by atoms with Crippen molar-refractivity contribution in [3.8, 4) is 0 Å². The summed E-state index contributed by atoms with van der Waals surface area (Å²) < 4.78 is 28.9. The summed E-state index contributed by atoms with van der Waals surface area (Å²) in [6, 6.07) is 10.7. The number of urea groups is 1. The van der Waals surface area contributed by atoms with Crippen LogP contribution in [0, 0.1) is 17.3 Å². The molecule has 9 N–H and O–H groups in total. The van der Waals surface area contributed by atoms with E-state index >= 15 is 0 Å². The first-order valence-electron chi connectivity index (χ1n) is 26.4. The Morgan fingerprint density at radius 1 is 0.731 bits per heavy atom. The summed E-state index contributed by atoms with van der Waals surface area (Å²) >= 11 is 0. The Morgan fingerprint density at radius 2 is 1.33 bits per heavy atom. The minimum atomic E-state index is -4.24. The molecule has 78 heavy (non-hydrogen) atoms. The Balaban J connectivity index is 1.63. The van der Waals surface area contributed by atoms with Crippen molar-refractivity contribution in [3.63, 3.8) is 0 Å². The zero-order valence-corrected chi connectivity index (χ0v) is 48.2. The van der Waals surface area contributed by atoms with Crippen molar-refractivity contribution in [3.05, 3.63) is 95.1 Å². The van der Waals surface area contributed by atoms with E-state index in [0.717, 1.165) is 10.5 Å². The van der Waals surface area contributed by atoms with Gasteiger partial charge in [-0.25, -0.2) is 17.9 Å². The number of rotatable bonds is 30. The van der Waals surface area contributed by atoms with Gasteiger partial charge in [-0.15, -0.1) is 0 Å². The van der Waals surface area contributed by atoms with Crippen molar-refractivity contribution in [1.29, 1.82) is 0 Å². The molecule has 430 valence electrons. The van der Waals surface area contributed by atoms with Crippen LogP contribution in [0.4, 0.5) is 4.79 Å². The van der Waals surface area contributed by atoms with Crippen LogP contribution in [-0.4, -0.2) is 129 Å². The van der Waals surface area contributed by atoms with E-state index in [9.17, 15) is 51.6 Å². The molecule has 2 aromatic carbocycles. The van der Waals surface area contributed by atoms with E-state index in [-0.39, 0.29) is 79.9 Å². The molecule has 0 bridgehead atoms. The number of benzene rings is 2. The van der Waals surface area contributed by atoms with E-state index in [0.29, 0.717) is 30.4 Å². The average molecular weight is 1110 g/mol. The largest absolute Gasteiger partial charge is 0.352 e. The summed E-state index contributed by atoms with van der Waals surface area (Å²) in [5.74, 6) is -5.08. The number of nitrogens with zero attached hydrogens (tertiary/aromatic N) is 2. The molecule has 22 heteroatoms. The van der Waals surface area contributed by atoms with Gasteiger partial charge in [0.2, 0.25) is 39.6 Å². The molecule has 1 aliphatic heterocycles. The number of hydrogen-bond acceptors (Lipinski definition) is 12. The van der Waals surface area contributed by atoms with Gasteiger partial charge in [0.1, 0.15) is 18.1 Å². The summed E-state index contributed by atoms with van der Waals surface area (Å²) in [6.07, 6.45) is 5.94. The maximum atomic E-state index is 14.4. The van der Waals surface area contributed by atoms with E-state index in [1.165, 1.54) is 36.1 Å². The minimum absolute atomic E-state index is 0.0147. The number of imide groups is 1. The van der Waals surface area contributed by atoms with Gasteiger partial charge >= 0.3 is 6.03 Å². The van der Waals surface area contributed by atoms with Crippen LogP contribution in [0.15, 0.2) is 78.4 Å². The molecular formula is C56H84N10O11S. The predicted octanol–water partition coefficient (Wildman–Crippen LogP) is 3.33. The molecule has 0 fully saturated rings. The predicted molar refractivity (Wildman–Crippen MR) is 298 cm³/mol. The summed E-state index contributed by atoms with van der Waals surface area (Å²) in [5.41, 5.74) is 5.74. The van der Waals surface area contributed by atoms with Gasteiger partial charge in [0.25, 0.3) is 17.7 Å². The van der Waals surface area contributed by atoms with Crippen molar-refractivity contribution < 1.29 is 51.6 Å². The highest BCUT2D eigenvalue weighted by Crippen LogP contribution is 2.29. The van der Waals surface area contributed by atoms with Crippen molar-refractivity contribution >= 4 is 63.3 Å². The third-order valence-electron chi connectivity index (χ3n) is 13.6. The number of unbranched alkanes of at least 4 members (excludes halogenated alkanes) is 2. The molecule has 10 amide bonds. The van der Waals surface area contributed by atoms with Crippen LogP contribution in [0.3, 0.4) is 0 Å². The summed E-state index contributed by atoms with van der Waals surface area (Å²) in [4.78, 5) is 119. The number of amides is 10. The standard InChI is InChI=1S/C56H84N10O11S/c1-35(2)42(65(12)53(74)48(55(6,7)8)63-52(73)47(58-11)56(9,10)40-20-15-13-16-21-40)32-37(5)49(70)64-78(76,77)34-39-26-24-38(25-27-39)33-60-50(71)41(22-19-30-59-54(57)75)61-51(72)46(36(3)4)62-43(67)23-17-14-18-31-66-44(68)28-29-45(66)69/h13,15-16,20-21,24-29,32,35-36,41-42,46-48,58H,14,17-19,22-23,30-31,33-34H2,1-12H3,(H,60,71)(H,61,72)(H,62,67)(H,63,73)(H,64,70)(H3,57,59,75). The Hall–Kier alpha value is -6.94. The highest BCUT2D eigenvalue weighted by molar-refractivity contribution is 7.89. The van der Waals surface area contributed by atoms with Gasteiger partial charge in [0, 0.05) is 56.2 Å². The molecule has 1 heterocycles. The van der Waals surface area contributed by atoms with Crippen LogP contribution in [0.5, 0.6) is 0 Å². The molecule has 0 saturated heterocycles. The number of carbonyl (C=O) groups is 9. The second-order valence-corrected chi connectivity index (χ2v) is 23.9. The minimum Gasteiger partial charge on any atom is -0.352 e. The first-order valence-corrected chi connectivity index (χ1v) is 28.1. The van der Waals surface area contributed by atoms with Crippen molar-refractivity contribution in [1.82, 2.24) is 46.4 Å². The van der Waals surface area contributed by atoms with E-state index in [1.54, 1.807) is 46.2 Å². The third kappa shape index (κ3) is 20.1. The molecule has 0 aliphatic carbocycles. The molecule has 0 saturated carbocycles. The Morgan fingerprint density at radius 3 is 1.88 bits per heavy atom. The van der Waals surface area contributed by atoms with Gasteiger partial charge in [-0.1, -0.05) is 129 Å². The van der Waals surface area contributed by atoms with Gasteiger partial charge < -0.3 is 42.5 Å². The normalized spacial score (nSPS) is 15.0. The first-order chi connectivity index (χ1) is 36.4. The van der Waals surface area contributed by atoms with E-state index in [1.807, 2.05) is 78.8 Å². The highest BCUT2D eigenvalue weighted by atomic mass is 32.2. The van der Waals surface area contributed by atoms with Crippen molar-refractivity contribution in [2.24, 2.45) is 23.0 Å². The SMILES string of the molecule is CNC(C(=O)NC(C(=O)N(C)C(C=C(C)C(=O)NS(=O)(=O)Cc1ccc(CNC(=O)C(CCCNC(N)=O)NC(=O)C(NC(=O)CCCCCN2C(=O)C=CC2=O)C(C)C)cc1)C(C)C)C(C)(C)C)C(C)(C)c1ccccc1. The summed E-state index contributed by atoms with van der Waals surface area (Å²) in [7, 11) is -0.959. The maximum Gasteiger partial charge on any atom is 0.312 e. The molecule has 2 aromatic rings. The summed E-state index contributed by atoms with van der Waals surface area (Å²) in [6.45, 7) is 18.5. The van der Waals surface area contributed by atoms with Gasteiger partial charge in [0.15, 0.2) is 0 Å². The lowest BCUT2D eigenvalue weighted by molar-refractivity contribution is -0.141. The molecule has 0 radical (unpaired) electrons. The third-order valence-corrected chi connectivity index (χ3v) is 14.8. The molecular weight excluding hydrogens is 1020 g/mol. The summed E-state index contributed by atoms with van der Waals surface area (Å²) in [5, 5.41) is 16.9. The lowest BCUT2D eigenvalue weighted by Crippen LogP contribution is -2.61. The van der Waals surface area contributed by atoms with Crippen LogP contribution < -0.4 is 42.4 Å². The monoisotopic (exact) mass is 1100 g/mol. The fourth-order valence-corrected chi connectivity index (χ4v) is 10.1. The lowest BCUT2D eigenvalue weighted by atomic mass is 9.76. The number of carbonyl (C=O) groups excluding carboxylic acids is 9. The quantitative estimate of drug-likeness (QED) is 0.0318. The van der Waals surface area contributed by atoms with Gasteiger partial charge in [-0.3, -0.25) is 43.3 Å². The molecule has 0 spiro atoms. The number of nitrogens with two attached hydrogens (primary N) is 1.